The van der Waals surface area contributed by atoms with E-state index in [4.69, 9.17) is 30.8 Å². The van der Waals surface area contributed by atoms with Crippen LogP contribution in [-0.4, -0.2) is 51.0 Å². The van der Waals surface area contributed by atoms with Crippen LogP contribution in [0.4, 0.5) is 4.39 Å². The van der Waals surface area contributed by atoms with Crippen molar-refractivity contribution in [1.29, 1.82) is 0 Å². The van der Waals surface area contributed by atoms with Crippen LogP contribution in [0.2, 0.25) is 5.02 Å². The molecular weight excluding hydrogens is 585 g/mol. The molecule has 1 saturated carbocycles. The summed E-state index contributed by atoms with van der Waals surface area (Å²) in [6.45, 7) is 0.282. The molecule has 2 aromatic carbocycles. The van der Waals surface area contributed by atoms with E-state index < -0.39 is 10.6 Å². The highest BCUT2D eigenvalue weighted by atomic mass is 35.5. The number of aryl methyl sites for hydroxylation is 1. The van der Waals surface area contributed by atoms with Gasteiger partial charge in [-0.05, 0) is 67.3 Å². The van der Waals surface area contributed by atoms with Crippen LogP contribution in [0.1, 0.15) is 34.7 Å². The summed E-state index contributed by atoms with van der Waals surface area (Å²) in [6, 6.07) is 12.7. The molecule has 5 rings (SSSR count). The number of carbonyl (C=O) groups is 1. The van der Waals surface area contributed by atoms with E-state index in [-0.39, 0.29) is 30.0 Å². The Hall–Kier alpha value is -3.87. The van der Waals surface area contributed by atoms with Gasteiger partial charge in [-0.25, -0.2) is 14.4 Å². The van der Waals surface area contributed by atoms with Gasteiger partial charge in [0.05, 0.1) is 24.9 Å². The van der Waals surface area contributed by atoms with Crippen LogP contribution in [0.25, 0.3) is 11.3 Å². The smallest absolute Gasteiger partial charge is 0.251 e. The second-order valence-electron chi connectivity index (χ2n) is 9.77. The first-order chi connectivity index (χ1) is 20.3. The monoisotopic (exact) mass is 613 g/mol. The van der Waals surface area contributed by atoms with Gasteiger partial charge >= 0.3 is 0 Å². The molecule has 1 fully saturated rings. The number of nitrogens with one attached hydrogen (secondary N) is 1. The van der Waals surface area contributed by atoms with Gasteiger partial charge in [-0.2, -0.15) is 5.10 Å². The molecule has 1 amide bonds. The first-order valence-electron chi connectivity index (χ1n) is 13.0. The van der Waals surface area contributed by atoms with Crippen LogP contribution in [0, 0.1) is 11.7 Å². The van der Waals surface area contributed by atoms with Crippen molar-refractivity contribution in [2.24, 2.45) is 13.0 Å². The Labute approximate surface area is 251 Å². The number of hydrogen-bond acceptors (Lipinski definition) is 9. The lowest BCUT2D eigenvalue weighted by atomic mass is 9.96. The number of amides is 1. The number of ether oxygens (including phenoxy) is 3. The maximum absolute atomic E-state index is 13.9. The minimum absolute atomic E-state index is 0.0421. The third-order valence-corrected chi connectivity index (χ3v) is 8.51. The highest BCUT2D eigenvalue weighted by Gasteiger charge is 2.49. The topological polar surface area (TPSA) is 121 Å². The van der Waals surface area contributed by atoms with Crippen LogP contribution in [0.5, 0.6) is 17.2 Å². The van der Waals surface area contributed by atoms with Crippen molar-refractivity contribution in [3.63, 3.8) is 0 Å². The average Bonchev–Trinajstić information content (AvgIpc) is 3.79. The molecule has 1 aliphatic rings. The Balaban J connectivity index is 1.37. The standard InChI is InChI=1S/C29H29ClFN5O5S/c1-36-26(33-16-34-36)14-41-22-9-5-18(13-24(22)40-3)28(37)32-15-29(42-38,19-6-7-19)25-11-10-23(39-2)27(35-25)17-4-8-21(31)20(30)12-17/h4-5,8-13,16,19,38H,6-7,14-15H2,1-3H3,(H,32,37). The van der Waals surface area contributed by atoms with Crippen molar-refractivity contribution in [2.75, 3.05) is 20.8 Å². The van der Waals surface area contributed by atoms with Gasteiger partial charge in [0.2, 0.25) is 0 Å². The van der Waals surface area contributed by atoms with Gasteiger partial charge in [0.1, 0.15) is 34.9 Å². The predicted molar refractivity (Wildman–Crippen MR) is 156 cm³/mol. The molecule has 13 heteroatoms. The number of pyridine rings is 1. The highest BCUT2D eigenvalue weighted by Crippen LogP contribution is 2.53. The van der Waals surface area contributed by atoms with Gasteiger partial charge in [-0.15, -0.1) is 0 Å². The maximum Gasteiger partial charge on any atom is 0.251 e. The summed E-state index contributed by atoms with van der Waals surface area (Å²) in [5.41, 5.74) is 1.92. The summed E-state index contributed by atoms with van der Waals surface area (Å²) in [7, 11) is 4.78. The number of hydrogen-bond donors (Lipinski definition) is 2. The van der Waals surface area contributed by atoms with Gasteiger partial charge in [-0.3, -0.25) is 9.48 Å². The summed E-state index contributed by atoms with van der Waals surface area (Å²) >= 11 is 6.70. The molecular formula is C29H29ClFN5O5S. The number of methoxy groups -OCH3 is 2. The molecule has 1 unspecified atom stereocenters. The van der Waals surface area contributed by atoms with Crippen molar-refractivity contribution in [3.05, 3.63) is 82.8 Å². The third-order valence-electron chi connectivity index (χ3n) is 7.20. The molecule has 2 aromatic heterocycles. The van der Waals surface area contributed by atoms with Crippen molar-refractivity contribution in [1.82, 2.24) is 25.1 Å². The zero-order chi connectivity index (χ0) is 29.9. The minimum atomic E-state index is -0.927. The van der Waals surface area contributed by atoms with E-state index in [1.165, 1.54) is 32.7 Å². The summed E-state index contributed by atoms with van der Waals surface area (Å²) in [6.07, 6.45) is 3.16. The maximum atomic E-state index is 13.9. The summed E-state index contributed by atoms with van der Waals surface area (Å²) < 4.78 is 42.0. The van der Waals surface area contributed by atoms with Crippen LogP contribution >= 0.6 is 23.6 Å². The molecule has 1 atom stereocenters. The quantitative estimate of drug-likeness (QED) is 0.199. The van der Waals surface area contributed by atoms with E-state index >= 15 is 0 Å². The Morgan fingerprint density at radius 3 is 2.55 bits per heavy atom. The highest BCUT2D eigenvalue weighted by molar-refractivity contribution is 7.94. The average molecular weight is 614 g/mol. The Bertz CT molecular complexity index is 1600. The molecule has 220 valence electrons. The third kappa shape index (κ3) is 6.01. The van der Waals surface area contributed by atoms with Crippen molar-refractivity contribution < 1.29 is 27.9 Å². The molecule has 1 aliphatic carbocycles. The first-order valence-corrected chi connectivity index (χ1v) is 14.2. The lowest BCUT2D eigenvalue weighted by Gasteiger charge is -2.31. The van der Waals surface area contributed by atoms with Crippen molar-refractivity contribution in [2.45, 2.75) is 24.2 Å². The molecule has 0 saturated heterocycles. The van der Waals surface area contributed by atoms with E-state index in [2.05, 4.69) is 15.4 Å². The number of carbonyl (C=O) groups excluding carboxylic acids is 1. The van der Waals surface area contributed by atoms with Gasteiger partial charge in [-0.1, -0.05) is 11.6 Å². The zero-order valence-corrected chi connectivity index (χ0v) is 24.7. The second kappa shape index (κ2) is 12.6. The van der Waals surface area contributed by atoms with Gasteiger partial charge < -0.3 is 24.1 Å². The van der Waals surface area contributed by atoms with E-state index in [0.29, 0.717) is 57.6 Å². The lowest BCUT2D eigenvalue weighted by molar-refractivity contribution is 0.0947. The van der Waals surface area contributed by atoms with E-state index in [1.807, 2.05) is 0 Å². The Kier molecular flexibility index (Phi) is 8.85. The van der Waals surface area contributed by atoms with Gasteiger partial charge in [0, 0.05) is 36.8 Å². The van der Waals surface area contributed by atoms with E-state index in [1.54, 1.807) is 48.1 Å². The molecule has 0 radical (unpaired) electrons. The van der Waals surface area contributed by atoms with Gasteiger partial charge in [0.15, 0.2) is 17.3 Å². The van der Waals surface area contributed by atoms with Crippen LogP contribution in [0.15, 0.2) is 54.9 Å². The molecule has 42 heavy (non-hydrogen) atoms. The molecule has 4 aromatic rings. The Morgan fingerprint density at radius 1 is 1.14 bits per heavy atom. The van der Waals surface area contributed by atoms with Crippen LogP contribution in [0.3, 0.4) is 0 Å². The van der Waals surface area contributed by atoms with E-state index in [0.717, 1.165) is 12.8 Å². The fraction of sp³-hybridized carbons (Fsp3) is 0.310. The Morgan fingerprint density at radius 2 is 1.90 bits per heavy atom. The second-order valence-corrected chi connectivity index (χ2v) is 11.1. The van der Waals surface area contributed by atoms with E-state index in [9.17, 15) is 13.7 Å². The summed E-state index contributed by atoms with van der Waals surface area (Å²) in [5.74, 6) is 1.11. The molecule has 2 heterocycles. The lowest BCUT2D eigenvalue weighted by Crippen LogP contribution is -2.41. The number of benzene rings is 2. The van der Waals surface area contributed by atoms with Crippen LogP contribution < -0.4 is 19.5 Å². The first kappa shape index (κ1) is 29.6. The number of rotatable bonds is 12. The summed E-state index contributed by atoms with van der Waals surface area (Å²) in [4.78, 5) is 22.3. The molecule has 0 aliphatic heterocycles. The fourth-order valence-corrected chi connectivity index (χ4v) is 5.59. The van der Waals surface area contributed by atoms with Crippen LogP contribution in [-0.2, 0) is 18.4 Å². The minimum Gasteiger partial charge on any atom is -0.494 e. The largest absolute Gasteiger partial charge is 0.494 e. The van der Waals surface area contributed by atoms with Gasteiger partial charge in [0.25, 0.3) is 5.91 Å². The molecule has 0 spiro atoms. The molecule has 0 bridgehead atoms. The summed E-state index contributed by atoms with van der Waals surface area (Å²) in [5, 5.41) is 6.95. The molecule has 10 nitrogen and oxygen atoms in total. The predicted octanol–water partition coefficient (Wildman–Crippen LogP) is 5.51. The van der Waals surface area contributed by atoms with Crippen molar-refractivity contribution in [3.8, 4) is 28.5 Å². The molecule has 2 N–H and O–H groups in total. The SMILES string of the molecule is COc1cc(C(=O)NCC(SO)(c2ccc(OC)c(-c3ccc(F)c(Cl)c3)n2)C2CC2)ccc1OCc1ncnn1C. The normalized spacial score (nSPS) is 14.2. The number of halogens is 2. The zero-order valence-electron chi connectivity index (χ0n) is 23.1. The number of aromatic nitrogens is 4. The fourth-order valence-electron chi connectivity index (χ4n) is 4.68. The number of nitrogens with zero attached hydrogens (tertiary/aromatic N) is 4. The van der Waals surface area contributed by atoms with Crippen molar-refractivity contribution >= 4 is 29.6 Å².